The van der Waals surface area contributed by atoms with Gasteiger partial charge in [-0.15, -0.1) is 0 Å². The molecule has 1 fully saturated rings. The van der Waals surface area contributed by atoms with Gasteiger partial charge in [-0.2, -0.15) is 0 Å². The number of ether oxygens (including phenoxy) is 1. The van der Waals surface area contributed by atoms with E-state index >= 15 is 0 Å². The van der Waals surface area contributed by atoms with Crippen LogP contribution < -0.4 is 0 Å². The highest BCUT2D eigenvalue weighted by Crippen LogP contribution is 2.18. The third kappa shape index (κ3) is 4.12. The second kappa shape index (κ2) is 6.89. The van der Waals surface area contributed by atoms with Crippen molar-refractivity contribution >= 4 is 5.97 Å². The van der Waals surface area contributed by atoms with Crippen LogP contribution in [0, 0.1) is 5.92 Å². The van der Waals surface area contributed by atoms with E-state index in [0.717, 1.165) is 19.5 Å². The number of esters is 1. The molecule has 1 rings (SSSR count). The molecule has 0 saturated carbocycles. The monoisotopic (exact) mass is 227 g/mol. The molecule has 3 nitrogen and oxygen atoms in total. The predicted octanol–water partition coefficient (Wildman–Crippen LogP) is 2.45. The Labute approximate surface area is 99.1 Å². The Bertz CT molecular complexity index is 210. The standard InChI is InChI=1S/C13H25NO2/c1-4-16-13(15)12(10-11(2)3)14-8-6-5-7-9-14/h11-12H,4-10H2,1-3H3/t12-/m0/s1. The number of piperidine rings is 1. The van der Waals surface area contributed by atoms with Gasteiger partial charge in [0.1, 0.15) is 6.04 Å². The lowest BCUT2D eigenvalue weighted by Crippen LogP contribution is -2.45. The molecule has 0 N–H and O–H groups in total. The summed E-state index contributed by atoms with van der Waals surface area (Å²) in [6, 6.07) is -0.0137. The van der Waals surface area contributed by atoms with Crippen LogP contribution in [0.15, 0.2) is 0 Å². The SMILES string of the molecule is CCOC(=O)[C@H](CC(C)C)N1CCCCC1. The minimum Gasteiger partial charge on any atom is -0.465 e. The molecule has 1 aliphatic heterocycles. The van der Waals surface area contributed by atoms with Gasteiger partial charge in [-0.1, -0.05) is 20.3 Å². The van der Waals surface area contributed by atoms with Gasteiger partial charge >= 0.3 is 5.97 Å². The van der Waals surface area contributed by atoms with Crippen molar-refractivity contribution in [2.24, 2.45) is 5.92 Å². The molecule has 1 atom stereocenters. The van der Waals surface area contributed by atoms with Gasteiger partial charge in [0, 0.05) is 0 Å². The van der Waals surface area contributed by atoms with Crippen LogP contribution in [0.2, 0.25) is 0 Å². The van der Waals surface area contributed by atoms with E-state index in [1.807, 2.05) is 6.92 Å². The Balaban J connectivity index is 2.57. The Kier molecular flexibility index (Phi) is 5.81. The summed E-state index contributed by atoms with van der Waals surface area (Å²) in [5.74, 6) is 0.509. The van der Waals surface area contributed by atoms with Crippen LogP contribution in [0.4, 0.5) is 0 Å². The topological polar surface area (TPSA) is 29.5 Å². The largest absolute Gasteiger partial charge is 0.465 e. The van der Waals surface area contributed by atoms with Gasteiger partial charge in [0.05, 0.1) is 6.61 Å². The zero-order chi connectivity index (χ0) is 12.0. The van der Waals surface area contributed by atoms with Gasteiger partial charge in [-0.25, -0.2) is 0 Å². The summed E-state index contributed by atoms with van der Waals surface area (Å²) in [5.41, 5.74) is 0. The normalized spacial score (nSPS) is 19.8. The summed E-state index contributed by atoms with van der Waals surface area (Å²) >= 11 is 0. The van der Waals surface area contributed by atoms with Crippen LogP contribution >= 0.6 is 0 Å². The van der Waals surface area contributed by atoms with Crippen molar-refractivity contribution in [1.82, 2.24) is 4.90 Å². The number of nitrogens with zero attached hydrogens (tertiary/aromatic N) is 1. The maximum atomic E-state index is 11.9. The Morgan fingerprint density at radius 2 is 1.88 bits per heavy atom. The summed E-state index contributed by atoms with van der Waals surface area (Å²) in [4.78, 5) is 14.2. The zero-order valence-corrected chi connectivity index (χ0v) is 10.9. The highest BCUT2D eigenvalue weighted by atomic mass is 16.5. The van der Waals surface area contributed by atoms with Crippen molar-refractivity contribution < 1.29 is 9.53 Å². The van der Waals surface area contributed by atoms with Crippen LogP contribution in [0.3, 0.4) is 0 Å². The Morgan fingerprint density at radius 1 is 1.25 bits per heavy atom. The molecule has 0 aliphatic carbocycles. The molecule has 1 heterocycles. The van der Waals surface area contributed by atoms with E-state index in [2.05, 4.69) is 18.7 Å². The predicted molar refractivity (Wildman–Crippen MR) is 65.3 cm³/mol. The molecule has 0 aromatic rings. The number of hydrogen-bond donors (Lipinski definition) is 0. The van der Waals surface area contributed by atoms with Crippen LogP contribution in [-0.2, 0) is 9.53 Å². The van der Waals surface area contributed by atoms with Gasteiger partial charge in [-0.3, -0.25) is 9.69 Å². The van der Waals surface area contributed by atoms with Gasteiger partial charge in [0.15, 0.2) is 0 Å². The van der Waals surface area contributed by atoms with E-state index in [1.165, 1.54) is 19.3 Å². The molecular weight excluding hydrogens is 202 g/mol. The van der Waals surface area contributed by atoms with E-state index in [-0.39, 0.29) is 12.0 Å². The second-order valence-electron chi connectivity index (χ2n) is 4.99. The first-order valence-corrected chi connectivity index (χ1v) is 6.55. The molecule has 0 spiro atoms. The number of carbonyl (C=O) groups is 1. The number of hydrogen-bond acceptors (Lipinski definition) is 3. The van der Waals surface area contributed by atoms with E-state index in [0.29, 0.717) is 12.5 Å². The maximum absolute atomic E-state index is 11.9. The molecule has 3 heteroatoms. The molecule has 0 radical (unpaired) electrons. The molecule has 0 bridgehead atoms. The van der Waals surface area contributed by atoms with Crippen molar-refractivity contribution in [2.75, 3.05) is 19.7 Å². The lowest BCUT2D eigenvalue weighted by molar-refractivity contribution is -0.150. The van der Waals surface area contributed by atoms with Gasteiger partial charge in [-0.05, 0) is 45.2 Å². The van der Waals surface area contributed by atoms with E-state index < -0.39 is 0 Å². The van der Waals surface area contributed by atoms with Crippen molar-refractivity contribution in [3.05, 3.63) is 0 Å². The Morgan fingerprint density at radius 3 is 2.38 bits per heavy atom. The zero-order valence-electron chi connectivity index (χ0n) is 10.9. The summed E-state index contributed by atoms with van der Waals surface area (Å²) in [5, 5.41) is 0. The van der Waals surface area contributed by atoms with E-state index in [4.69, 9.17) is 4.74 Å². The van der Waals surface area contributed by atoms with Gasteiger partial charge < -0.3 is 4.74 Å². The molecule has 94 valence electrons. The van der Waals surface area contributed by atoms with Gasteiger partial charge in [0.25, 0.3) is 0 Å². The lowest BCUT2D eigenvalue weighted by atomic mass is 10.00. The molecule has 0 aromatic heterocycles. The van der Waals surface area contributed by atoms with Crippen molar-refractivity contribution in [3.8, 4) is 0 Å². The fourth-order valence-electron chi connectivity index (χ4n) is 2.31. The third-order valence-electron chi connectivity index (χ3n) is 3.08. The quantitative estimate of drug-likeness (QED) is 0.676. The average molecular weight is 227 g/mol. The first-order chi connectivity index (χ1) is 7.65. The smallest absolute Gasteiger partial charge is 0.323 e. The number of rotatable bonds is 5. The van der Waals surface area contributed by atoms with Crippen LogP contribution in [0.5, 0.6) is 0 Å². The fraction of sp³-hybridized carbons (Fsp3) is 0.923. The molecule has 0 amide bonds. The highest BCUT2D eigenvalue weighted by molar-refractivity contribution is 5.75. The van der Waals surface area contributed by atoms with E-state index in [9.17, 15) is 4.79 Å². The molecule has 0 aromatic carbocycles. The highest BCUT2D eigenvalue weighted by Gasteiger charge is 2.28. The van der Waals surface area contributed by atoms with Crippen LogP contribution in [0.1, 0.15) is 46.5 Å². The third-order valence-corrected chi connectivity index (χ3v) is 3.08. The van der Waals surface area contributed by atoms with Crippen molar-refractivity contribution in [3.63, 3.8) is 0 Å². The first-order valence-electron chi connectivity index (χ1n) is 6.55. The minimum absolute atomic E-state index is 0.0137. The maximum Gasteiger partial charge on any atom is 0.323 e. The first kappa shape index (κ1) is 13.5. The Hall–Kier alpha value is -0.570. The molecular formula is C13H25NO2. The molecule has 1 saturated heterocycles. The second-order valence-corrected chi connectivity index (χ2v) is 4.99. The summed E-state index contributed by atoms with van der Waals surface area (Å²) < 4.78 is 5.18. The van der Waals surface area contributed by atoms with Crippen molar-refractivity contribution in [2.45, 2.75) is 52.5 Å². The van der Waals surface area contributed by atoms with Crippen LogP contribution in [0.25, 0.3) is 0 Å². The summed E-state index contributed by atoms with van der Waals surface area (Å²) in [6.45, 7) is 8.79. The number of likely N-dealkylation sites (tertiary alicyclic amines) is 1. The van der Waals surface area contributed by atoms with Crippen molar-refractivity contribution in [1.29, 1.82) is 0 Å². The van der Waals surface area contributed by atoms with Crippen LogP contribution in [-0.4, -0.2) is 36.6 Å². The lowest BCUT2D eigenvalue weighted by Gasteiger charge is -2.33. The summed E-state index contributed by atoms with van der Waals surface area (Å²) in [7, 11) is 0. The summed E-state index contributed by atoms with van der Waals surface area (Å²) in [6.07, 6.45) is 4.65. The molecule has 1 aliphatic rings. The van der Waals surface area contributed by atoms with E-state index in [1.54, 1.807) is 0 Å². The minimum atomic E-state index is -0.0295. The molecule has 0 unspecified atom stereocenters. The fourth-order valence-corrected chi connectivity index (χ4v) is 2.31. The average Bonchev–Trinajstić information content (AvgIpc) is 2.27. The van der Waals surface area contributed by atoms with Gasteiger partial charge in [0.2, 0.25) is 0 Å². The molecule has 16 heavy (non-hydrogen) atoms. The number of carbonyl (C=O) groups excluding carboxylic acids is 1.